The SMILES string of the molecule is CC12C(=O)C(C)(C(c3ccccc3)=C1c1ccccc1)C1SC=CSC12. The molecule has 2 aromatic carbocycles. The first kappa shape index (κ1) is 16.5. The zero-order chi connectivity index (χ0) is 17.9. The second-order valence-corrected chi connectivity index (χ2v) is 9.71. The monoisotopic (exact) mass is 376 g/mol. The average molecular weight is 377 g/mol. The molecule has 2 aromatic rings. The average Bonchev–Trinajstić information content (AvgIpc) is 2.99. The lowest BCUT2D eigenvalue weighted by Crippen LogP contribution is -2.38. The lowest BCUT2D eigenvalue weighted by Gasteiger charge is -2.41. The van der Waals surface area contributed by atoms with Gasteiger partial charge < -0.3 is 0 Å². The summed E-state index contributed by atoms with van der Waals surface area (Å²) in [6, 6.07) is 21.0. The van der Waals surface area contributed by atoms with Crippen molar-refractivity contribution >= 4 is 40.5 Å². The van der Waals surface area contributed by atoms with Crippen LogP contribution in [0.4, 0.5) is 0 Å². The van der Waals surface area contributed by atoms with Crippen molar-refractivity contribution in [2.24, 2.45) is 10.8 Å². The smallest absolute Gasteiger partial charge is 0.155 e. The molecule has 0 saturated heterocycles. The molecule has 5 rings (SSSR count). The molecular formula is C23H20OS2. The third-order valence-corrected chi connectivity index (χ3v) is 9.28. The van der Waals surface area contributed by atoms with Gasteiger partial charge in [0, 0.05) is 10.5 Å². The number of hydrogen-bond donors (Lipinski definition) is 0. The molecule has 0 aromatic heterocycles. The number of Topliss-reactive ketones (excluding diaryl/α,β-unsaturated/α-hetero) is 1. The van der Waals surface area contributed by atoms with Crippen LogP contribution in [0, 0.1) is 10.8 Å². The van der Waals surface area contributed by atoms with E-state index in [1.54, 1.807) is 0 Å². The summed E-state index contributed by atoms with van der Waals surface area (Å²) in [7, 11) is 0. The van der Waals surface area contributed by atoms with Crippen LogP contribution in [0.15, 0.2) is 71.5 Å². The standard InChI is InChI=1S/C23H20OS2/c1-22-17(15-9-5-3-6-10-15)18(16-11-7-4-8-12-16)23(2,21(22)24)20-19(22)25-13-14-26-20/h3-14,19-20H,1-2H3. The predicted octanol–water partition coefficient (Wildman–Crippen LogP) is 5.89. The summed E-state index contributed by atoms with van der Waals surface area (Å²) < 4.78 is 0. The van der Waals surface area contributed by atoms with E-state index in [0.717, 1.165) is 0 Å². The molecule has 1 fully saturated rings. The summed E-state index contributed by atoms with van der Waals surface area (Å²) in [5.41, 5.74) is 3.94. The van der Waals surface area contributed by atoms with Gasteiger partial charge in [-0.3, -0.25) is 4.79 Å². The van der Waals surface area contributed by atoms with E-state index < -0.39 is 10.8 Å². The van der Waals surface area contributed by atoms with Crippen LogP contribution < -0.4 is 0 Å². The fourth-order valence-corrected chi connectivity index (χ4v) is 8.24. The minimum atomic E-state index is -0.450. The van der Waals surface area contributed by atoms with Crippen LogP contribution in [0.2, 0.25) is 0 Å². The van der Waals surface area contributed by atoms with Gasteiger partial charge in [0.1, 0.15) is 0 Å². The van der Waals surface area contributed by atoms with Gasteiger partial charge in [-0.05, 0) is 46.9 Å². The third kappa shape index (κ3) is 1.88. The fraction of sp³-hybridized carbons (Fsp3) is 0.261. The van der Waals surface area contributed by atoms with Gasteiger partial charge in [-0.25, -0.2) is 0 Å². The maximum absolute atomic E-state index is 13.8. The maximum atomic E-state index is 13.8. The van der Waals surface area contributed by atoms with Crippen LogP contribution in [0.25, 0.3) is 11.1 Å². The molecule has 4 unspecified atom stereocenters. The van der Waals surface area contributed by atoms with Crippen LogP contribution in [0.3, 0.4) is 0 Å². The van der Waals surface area contributed by atoms with E-state index in [-0.39, 0.29) is 10.5 Å². The van der Waals surface area contributed by atoms with Crippen molar-refractivity contribution in [2.45, 2.75) is 24.3 Å². The highest BCUT2D eigenvalue weighted by atomic mass is 32.2. The highest BCUT2D eigenvalue weighted by Crippen LogP contribution is 2.72. The first-order valence-corrected chi connectivity index (χ1v) is 10.8. The lowest BCUT2D eigenvalue weighted by molar-refractivity contribution is -0.126. The number of fused-ring (bicyclic) bond motifs is 5. The van der Waals surface area contributed by atoms with Crippen molar-refractivity contribution in [1.29, 1.82) is 0 Å². The van der Waals surface area contributed by atoms with Gasteiger partial charge in [0.15, 0.2) is 5.78 Å². The van der Waals surface area contributed by atoms with Gasteiger partial charge in [0.2, 0.25) is 0 Å². The number of rotatable bonds is 2. The second-order valence-electron chi connectivity index (χ2n) is 7.60. The predicted molar refractivity (Wildman–Crippen MR) is 113 cm³/mol. The largest absolute Gasteiger partial charge is 0.298 e. The quantitative estimate of drug-likeness (QED) is 0.650. The Morgan fingerprint density at radius 3 is 1.46 bits per heavy atom. The molecule has 4 atom stereocenters. The summed E-state index contributed by atoms with van der Waals surface area (Å²) in [6.07, 6.45) is 0. The van der Waals surface area contributed by atoms with Crippen molar-refractivity contribution in [3.05, 3.63) is 82.6 Å². The summed E-state index contributed by atoms with van der Waals surface area (Å²) in [4.78, 5) is 13.8. The molecule has 2 aliphatic carbocycles. The first-order valence-electron chi connectivity index (χ1n) is 8.96. The number of benzene rings is 2. The molecule has 26 heavy (non-hydrogen) atoms. The summed E-state index contributed by atoms with van der Waals surface area (Å²) >= 11 is 3.67. The Labute approximate surface area is 163 Å². The highest BCUT2D eigenvalue weighted by molar-refractivity contribution is 8.09. The maximum Gasteiger partial charge on any atom is 0.155 e. The van der Waals surface area contributed by atoms with Crippen molar-refractivity contribution < 1.29 is 4.79 Å². The van der Waals surface area contributed by atoms with Gasteiger partial charge in [0.05, 0.1) is 10.8 Å². The topological polar surface area (TPSA) is 17.1 Å². The minimum Gasteiger partial charge on any atom is -0.298 e. The van der Waals surface area contributed by atoms with Crippen molar-refractivity contribution in [3.63, 3.8) is 0 Å². The number of ketones is 1. The van der Waals surface area contributed by atoms with Crippen LogP contribution >= 0.6 is 23.5 Å². The van der Waals surface area contributed by atoms with E-state index >= 15 is 0 Å². The number of carbonyl (C=O) groups excluding carboxylic acids is 1. The molecule has 0 radical (unpaired) electrons. The molecule has 2 bridgehead atoms. The van der Waals surface area contributed by atoms with E-state index in [1.165, 1.54) is 22.3 Å². The minimum absolute atomic E-state index is 0.290. The van der Waals surface area contributed by atoms with E-state index in [2.05, 4.69) is 73.2 Å². The molecule has 0 spiro atoms. The molecule has 1 saturated carbocycles. The molecule has 3 aliphatic rings. The van der Waals surface area contributed by atoms with E-state index in [9.17, 15) is 4.79 Å². The summed E-state index contributed by atoms with van der Waals surface area (Å²) in [5.74, 6) is 0.390. The summed E-state index contributed by atoms with van der Waals surface area (Å²) in [6.45, 7) is 4.37. The summed E-state index contributed by atoms with van der Waals surface area (Å²) in [5, 5.41) is 4.91. The van der Waals surface area contributed by atoms with Crippen molar-refractivity contribution in [3.8, 4) is 0 Å². The third-order valence-electron chi connectivity index (χ3n) is 6.28. The number of allylic oxidation sites excluding steroid dienone is 2. The lowest BCUT2D eigenvalue weighted by atomic mass is 9.72. The number of hydrogen-bond acceptors (Lipinski definition) is 3. The van der Waals surface area contributed by atoms with E-state index in [4.69, 9.17) is 0 Å². The van der Waals surface area contributed by atoms with Crippen molar-refractivity contribution in [2.75, 3.05) is 0 Å². The molecule has 0 amide bonds. The Balaban J connectivity index is 1.86. The molecule has 130 valence electrons. The number of thioether (sulfide) groups is 2. The van der Waals surface area contributed by atoms with Crippen LogP contribution in [-0.2, 0) is 4.79 Å². The molecule has 1 aliphatic heterocycles. The Bertz CT molecular complexity index is 871. The van der Waals surface area contributed by atoms with Crippen LogP contribution in [-0.4, -0.2) is 16.3 Å². The Morgan fingerprint density at radius 1 is 0.692 bits per heavy atom. The van der Waals surface area contributed by atoms with E-state index in [0.29, 0.717) is 5.78 Å². The van der Waals surface area contributed by atoms with Gasteiger partial charge >= 0.3 is 0 Å². The normalized spacial score (nSPS) is 35.1. The van der Waals surface area contributed by atoms with Crippen molar-refractivity contribution in [1.82, 2.24) is 0 Å². The molecule has 1 heterocycles. The highest BCUT2D eigenvalue weighted by Gasteiger charge is 2.72. The molecular weight excluding hydrogens is 356 g/mol. The molecule has 0 N–H and O–H groups in total. The van der Waals surface area contributed by atoms with Gasteiger partial charge in [-0.15, -0.1) is 23.5 Å². The van der Waals surface area contributed by atoms with Gasteiger partial charge in [-0.2, -0.15) is 0 Å². The Hall–Kier alpha value is -1.71. The molecule has 3 heteroatoms. The first-order chi connectivity index (χ1) is 12.6. The zero-order valence-corrected chi connectivity index (χ0v) is 16.4. The Kier molecular flexibility index (Phi) is 3.57. The van der Waals surface area contributed by atoms with Crippen LogP contribution in [0.5, 0.6) is 0 Å². The van der Waals surface area contributed by atoms with Gasteiger partial charge in [0.25, 0.3) is 0 Å². The fourth-order valence-electron chi connectivity index (χ4n) is 5.18. The number of carbonyl (C=O) groups is 1. The second kappa shape index (κ2) is 5.64. The van der Waals surface area contributed by atoms with Crippen LogP contribution in [0.1, 0.15) is 25.0 Å². The zero-order valence-electron chi connectivity index (χ0n) is 14.8. The van der Waals surface area contributed by atoms with Gasteiger partial charge in [-0.1, -0.05) is 60.7 Å². The molecule has 1 nitrogen and oxygen atoms in total. The van der Waals surface area contributed by atoms with E-state index in [1.807, 2.05) is 35.7 Å². The Morgan fingerprint density at radius 2 is 1.08 bits per heavy atom.